The van der Waals surface area contributed by atoms with Gasteiger partial charge in [-0.05, 0) is 55.5 Å². The number of piperazine rings is 1. The van der Waals surface area contributed by atoms with Crippen molar-refractivity contribution in [3.8, 4) is 11.4 Å². The molecule has 1 aliphatic heterocycles. The molecule has 0 bridgehead atoms. The summed E-state index contributed by atoms with van der Waals surface area (Å²) in [6.07, 6.45) is 8.74. The van der Waals surface area contributed by atoms with E-state index >= 15 is 0 Å². The number of pyridine rings is 1. The number of hydrogen-bond acceptors (Lipinski definition) is 7. The molecule has 0 atom stereocenters. The van der Waals surface area contributed by atoms with E-state index in [9.17, 15) is 13.2 Å². The molecule has 0 unspecified atom stereocenters. The van der Waals surface area contributed by atoms with Gasteiger partial charge < -0.3 is 9.64 Å². The molecule has 9 nitrogen and oxygen atoms in total. The van der Waals surface area contributed by atoms with Crippen molar-refractivity contribution in [2.24, 2.45) is 0 Å². The minimum absolute atomic E-state index is 0.0205. The predicted octanol–water partition coefficient (Wildman–Crippen LogP) is 3.25. The van der Waals surface area contributed by atoms with Gasteiger partial charge >= 0.3 is 5.56 Å². The number of halogens is 1. The third kappa shape index (κ3) is 5.40. The number of sulfonamides is 1. The molecule has 0 spiro atoms. The van der Waals surface area contributed by atoms with E-state index in [4.69, 9.17) is 16.3 Å². The summed E-state index contributed by atoms with van der Waals surface area (Å²) in [7, 11) is -3.48. The normalized spacial score (nSPS) is 17.4. The maximum Gasteiger partial charge on any atom is 0.316 e. The average molecular weight is 530 g/mol. The third-order valence-electron chi connectivity index (χ3n) is 6.60. The average Bonchev–Trinajstić information content (AvgIpc) is 3.39. The zero-order valence-corrected chi connectivity index (χ0v) is 21.4. The fourth-order valence-corrected chi connectivity index (χ4v) is 6.40. The van der Waals surface area contributed by atoms with Crippen LogP contribution in [0.1, 0.15) is 31.2 Å². The maximum absolute atomic E-state index is 13.6. The first kappa shape index (κ1) is 24.7. The SMILES string of the molecule is O=c1c(OC2CCCC2)c(N2CCN(S(=O)(=O)Cc3cccnc3)CC2)cnn1-c1cccc(Cl)c1. The summed E-state index contributed by atoms with van der Waals surface area (Å²) in [5, 5.41) is 4.92. The molecule has 190 valence electrons. The van der Waals surface area contributed by atoms with Crippen LogP contribution in [0.15, 0.2) is 59.8 Å². The van der Waals surface area contributed by atoms with Gasteiger partial charge in [0.25, 0.3) is 0 Å². The number of anilines is 1. The Balaban J connectivity index is 1.39. The van der Waals surface area contributed by atoms with Crippen LogP contribution in [0.5, 0.6) is 5.75 Å². The van der Waals surface area contributed by atoms with E-state index in [1.54, 1.807) is 55.0 Å². The van der Waals surface area contributed by atoms with Gasteiger partial charge in [0.05, 0.1) is 23.7 Å². The largest absolute Gasteiger partial charge is 0.483 e. The number of benzene rings is 1. The van der Waals surface area contributed by atoms with Crippen LogP contribution in [0.4, 0.5) is 5.69 Å². The molecule has 1 saturated carbocycles. The zero-order chi connectivity index (χ0) is 25.1. The van der Waals surface area contributed by atoms with E-state index < -0.39 is 10.0 Å². The van der Waals surface area contributed by atoms with Gasteiger partial charge in [-0.25, -0.2) is 8.42 Å². The molecule has 0 amide bonds. The van der Waals surface area contributed by atoms with Crippen LogP contribution >= 0.6 is 11.6 Å². The quantitative estimate of drug-likeness (QED) is 0.463. The van der Waals surface area contributed by atoms with E-state index in [1.807, 2.05) is 4.90 Å². The molecule has 1 saturated heterocycles. The van der Waals surface area contributed by atoms with Gasteiger partial charge in [0, 0.05) is 43.6 Å². The smallest absolute Gasteiger partial charge is 0.316 e. The fourth-order valence-electron chi connectivity index (χ4n) is 4.72. The maximum atomic E-state index is 13.6. The van der Waals surface area contributed by atoms with Crippen LogP contribution in [0.3, 0.4) is 0 Å². The van der Waals surface area contributed by atoms with Crippen LogP contribution in [0.25, 0.3) is 5.69 Å². The summed E-state index contributed by atoms with van der Waals surface area (Å²) in [6, 6.07) is 10.4. The van der Waals surface area contributed by atoms with E-state index in [-0.39, 0.29) is 23.2 Å². The second kappa shape index (κ2) is 10.6. The highest BCUT2D eigenvalue weighted by Crippen LogP contribution is 2.30. The Labute approximate surface area is 215 Å². The molecule has 36 heavy (non-hydrogen) atoms. The highest BCUT2D eigenvalue weighted by Gasteiger charge is 2.30. The Bertz CT molecular complexity index is 1370. The van der Waals surface area contributed by atoms with Gasteiger partial charge in [-0.2, -0.15) is 14.1 Å². The molecule has 1 aromatic carbocycles. The lowest BCUT2D eigenvalue weighted by Crippen LogP contribution is -2.49. The first-order chi connectivity index (χ1) is 17.4. The van der Waals surface area contributed by atoms with E-state index in [0.717, 1.165) is 25.7 Å². The Hall–Kier alpha value is -2.95. The van der Waals surface area contributed by atoms with Crippen molar-refractivity contribution in [3.05, 3.63) is 75.9 Å². The van der Waals surface area contributed by atoms with Gasteiger partial charge in [0.2, 0.25) is 15.8 Å². The summed E-state index contributed by atoms with van der Waals surface area (Å²) in [5.74, 6) is 0.164. The van der Waals surface area contributed by atoms with Crippen LogP contribution in [-0.4, -0.2) is 59.8 Å². The van der Waals surface area contributed by atoms with Gasteiger partial charge in [0.15, 0.2) is 0 Å². The molecule has 2 aromatic heterocycles. The molecule has 3 aromatic rings. The van der Waals surface area contributed by atoms with Gasteiger partial charge in [-0.3, -0.25) is 9.78 Å². The molecular formula is C25H28ClN5O4S. The van der Waals surface area contributed by atoms with E-state index in [2.05, 4.69) is 10.1 Å². The van der Waals surface area contributed by atoms with Crippen molar-refractivity contribution in [1.29, 1.82) is 0 Å². The summed E-state index contributed by atoms with van der Waals surface area (Å²) in [4.78, 5) is 19.5. The minimum Gasteiger partial charge on any atom is -0.483 e. The summed E-state index contributed by atoms with van der Waals surface area (Å²) in [5.41, 5.74) is 1.45. The number of aromatic nitrogens is 3. The first-order valence-electron chi connectivity index (χ1n) is 12.1. The second-order valence-electron chi connectivity index (χ2n) is 9.08. The van der Waals surface area contributed by atoms with Crippen LogP contribution in [0, 0.1) is 0 Å². The Kier molecular flexibility index (Phi) is 7.27. The van der Waals surface area contributed by atoms with Crippen molar-refractivity contribution in [3.63, 3.8) is 0 Å². The Morgan fingerprint density at radius 1 is 1.03 bits per heavy atom. The lowest BCUT2D eigenvalue weighted by Gasteiger charge is -2.36. The minimum atomic E-state index is -3.48. The van der Waals surface area contributed by atoms with Crippen LogP contribution in [-0.2, 0) is 15.8 Å². The zero-order valence-electron chi connectivity index (χ0n) is 19.8. The van der Waals surface area contributed by atoms with Gasteiger partial charge in [-0.1, -0.05) is 23.7 Å². The monoisotopic (exact) mass is 529 g/mol. The summed E-state index contributed by atoms with van der Waals surface area (Å²) >= 11 is 6.14. The number of nitrogens with zero attached hydrogens (tertiary/aromatic N) is 5. The highest BCUT2D eigenvalue weighted by molar-refractivity contribution is 7.88. The number of rotatable bonds is 7. The van der Waals surface area contributed by atoms with Crippen molar-refractivity contribution in [2.45, 2.75) is 37.5 Å². The number of ether oxygens (including phenoxy) is 1. The van der Waals surface area contributed by atoms with E-state index in [1.165, 1.54) is 8.99 Å². The predicted molar refractivity (Wildman–Crippen MR) is 138 cm³/mol. The second-order valence-corrected chi connectivity index (χ2v) is 11.5. The molecule has 1 aliphatic carbocycles. The molecule has 0 N–H and O–H groups in total. The third-order valence-corrected chi connectivity index (χ3v) is 8.68. The lowest BCUT2D eigenvalue weighted by atomic mass is 10.2. The van der Waals surface area contributed by atoms with Gasteiger partial charge in [-0.15, -0.1) is 0 Å². The first-order valence-corrected chi connectivity index (χ1v) is 14.1. The Morgan fingerprint density at radius 2 is 1.81 bits per heavy atom. The van der Waals surface area contributed by atoms with Gasteiger partial charge in [0.1, 0.15) is 5.69 Å². The van der Waals surface area contributed by atoms with E-state index in [0.29, 0.717) is 48.1 Å². The molecule has 3 heterocycles. The van der Waals surface area contributed by atoms with Crippen molar-refractivity contribution >= 4 is 27.3 Å². The van der Waals surface area contributed by atoms with Crippen molar-refractivity contribution in [2.75, 3.05) is 31.1 Å². The topological polar surface area (TPSA) is 97.6 Å². The molecule has 2 fully saturated rings. The molecular weight excluding hydrogens is 502 g/mol. The summed E-state index contributed by atoms with van der Waals surface area (Å²) < 4.78 is 35.0. The van der Waals surface area contributed by atoms with Crippen LogP contribution < -0.4 is 15.2 Å². The summed E-state index contributed by atoms with van der Waals surface area (Å²) in [6.45, 7) is 1.47. The Morgan fingerprint density at radius 3 is 2.50 bits per heavy atom. The molecule has 5 rings (SSSR count). The van der Waals surface area contributed by atoms with Crippen molar-refractivity contribution in [1.82, 2.24) is 19.1 Å². The molecule has 11 heteroatoms. The highest BCUT2D eigenvalue weighted by atomic mass is 35.5. The van der Waals surface area contributed by atoms with Crippen molar-refractivity contribution < 1.29 is 13.2 Å². The number of hydrogen-bond donors (Lipinski definition) is 0. The molecule has 0 radical (unpaired) electrons. The fraction of sp³-hybridized carbons (Fsp3) is 0.400. The molecule has 2 aliphatic rings. The standard InChI is InChI=1S/C25H28ClN5O4S/c26-20-6-3-7-21(15-20)31-25(32)24(35-22-8-1-2-9-22)23(17-28-31)29-11-13-30(14-12-29)36(33,34)18-19-5-4-10-27-16-19/h3-7,10,15-17,22H,1-2,8-9,11-14,18H2. The lowest BCUT2D eigenvalue weighted by molar-refractivity contribution is 0.205. The van der Waals surface area contributed by atoms with Crippen LogP contribution in [0.2, 0.25) is 5.02 Å².